The van der Waals surface area contributed by atoms with Crippen LogP contribution in [0.25, 0.3) is 0 Å². The van der Waals surface area contributed by atoms with Crippen LogP contribution >= 0.6 is 0 Å². The molecule has 1 aromatic heterocycles. The molecule has 0 aliphatic heterocycles. The van der Waals surface area contributed by atoms with Crippen molar-refractivity contribution >= 4 is 0 Å². The number of hydrogen-bond donors (Lipinski definition) is 0. The molecule has 0 saturated heterocycles. The highest BCUT2D eigenvalue weighted by atomic mass is 19.4. The second kappa shape index (κ2) is 6.82. The van der Waals surface area contributed by atoms with E-state index in [2.05, 4.69) is 13.6 Å². The van der Waals surface area contributed by atoms with Crippen molar-refractivity contribution in [1.29, 1.82) is 0 Å². The summed E-state index contributed by atoms with van der Waals surface area (Å²) >= 11 is 0. The molecule has 1 atom stereocenters. The number of alkyl halides is 13. The maximum Gasteiger partial charge on any atom is 0.518 e. The zero-order valence-corrected chi connectivity index (χ0v) is 12.2. The van der Waals surface area contributed by atoms with Crippen molar-refractivity contribution in [2.24, 2.45) is 0 Å². The van der Waals surface area contributed by atoms with E-state index in [1.807, 2.05) is 0 Å². The Bertz CT molecular complexity index is 729. The van der Waals surface area contributed by atoms with Gasteiger partial charge < -0.3 is 13.6 Å². The summed E-state index contributed by atoms with van der Waals surface area (Å²) in [6.45, 7) is -2.01. The Morgan fingerprint density at radius 3 is 1.64 bits per heavy atom. The van der Waals surface area contributed by atoms with E-state index in [4.69, 9.17) is 0 Å². The van der Waals surface area contributed by atoms with Crippen LogP contribution in [-0.4, -0.2) is 36.3 Å². The molecule has 164 valence electrons. The van der Waals surface area contributed by atoms with E-state index in [-0.39, 0.29) is 6.26 Å². The average molecular weight is 450 g/mol. The van der Waals surface area contributed by atoms with E-state index < -0.39 is 54.5 Å². The summed E-state index contributed by atoms with van der Waals surface area (Å²) < 4.78 is 177. The minimum atomic E-state index is -7.52. The van der Waals surface area contributed by atoms with E-state index in [9.17, 15) is 61.9 Å². The molecule has 1 unspecified atom stereocenters. The lowest BCUT2D eigenvalue weighted by molar-refractivity contribution is -0.534. The van der Waals surface area contributed by atoms with Crippen LogP contribution in [0.3, 0.4) is 0 Å². The molecule has 0 radical (unpaired) electrons. The molecule has 1 rings (SSSR count). The van der Waals surface area contributed by atoms with Crippen molar-refractivity contribution in [3.05, 3.63) is 22.6 Å². The van der Waals surface area contributed by atoms with E-state index in [0.717, 1.165) is 0 Å². The van der Waals surface area contributed by atoms with Gasteiger partial charge in [-0.1, -0.05) is 0 Å². The van der Waals surface area contributed by atoms with Crippen LogP contribution < -0.4 is 5.82 Å². The smallest absolute Gasteiger partial charge is 0.399 e. The summed E-state index contributed by atoms with van der Waals surface area (Å²) in [6.07, 6.45) is -28.6. The lowest BCUT2D eigenvalue weighted by atomic mass is 10.2. The summed E-state index contributed by atoms with van der Waals surface area (Å²) in [5, 5.41) is 0. The van der Waals surface area contributed by atoms with Gasteiger partial charge >= 0.3 is 42.2 Å². The first-order chi connectivity index (χ1) is 12.2. The topological polar surface area (TPSA) is 61.8 Å². The monoisotopic (exact) mass is 450 g/mol. The number of rotatable bonds is 7. The van der Waals surface area contributed by atoms with Crippen molar-refractivity contribution in [1.82, 2.24) is 0 Å². The first-order valence-electron chi connectivity index (χ1n) is 6.05. The van der Waals surface area contributed by atoms with Crippen LogP contribution in [0.5, 0.6) is 0 Å². The predicted octanol–water partition coefficient (Wildman–Crippen LogP) is 4.38. The van der Waals surface area contributed by atoms with Crippen LogP contribution in [0.2, 0.25) is 0 Å². The van der Waals surface area contributed by atoms with Crippen molar-refractivity contribution in [2.45, 2.75) is 43.0 Å². The van der Waals surface area contributed by atoms with Crippen LogP contribution in [0.4, 0.5) is 57.1 Å². The normalized spacial score (nSPS) is 16.9. The Morgan fingerprint density at radius 1 is 0.786 bits per heavy atom. The van der Waals surface area contributed by atoms with Crippen molar-refractivity contribution < 1.29 is 75.4 Å². The quantitative estimate of drug-likeness (QED) is 0.578. The predicted molar refractivity (Wildman–Crippen MR) is 53.9 cm³/mol. The molecule has 1 aromatic rings. The molecule has 0 fully saturated rings. The highest BCUT2D eigenvalue weighted by molar-refractivity contribution is 4.93. The van der Waals surface area contributed by atoms with E-state index in [1.54, 1.807) is 4.74 Å². The molecule has 0 bridgehead atoms. The summed E-state index contributed by atoms with van der Waals surface area (Å²) in [5.41, 5.74) is 0. The molecular formula is C10H3F13O5. The third kappa shape index (κ3) is 4.20. The summed E-state index contributed by atoms with van der Waals surface area (Å²) in [4.78, 5) is 10.4. The van der Waals surface area contributed by atoms with Crippen LogP contribution in [-0.2, 0) is 16.1 Å². The molecule has 28 heavy (non-hydrogen) atoms. The van der Waals surface area contributed by atoms with Gasteiger partial charge in [-0.05, 0) is 0 Å². The van der Waals surface area contributed by atoms with Crippen molar-refractivity contribution in [3.63, 3.8) is 0 Å². The zero-order chi connectivity index (χ0) is 22.4. The van der Waals surface area contributed by atoms with Gasteiger partial charge in [0.05, 0.1) is 0 Å². The SMILES string of the molecule is O=c1occ(COC(F)(F)C(F)(OC(F)(F)C(F)(F)C(F)(F)F)C(F)(F)F)o1. The van der Waals surface area contributed by atoms with E-state index in [1.165, 1.54) is 0 Å². The molecule has 18 heteroatoms. The maximum absolute atomic E-state index is 13.7. The Balaban J connectivity index is 3.28. The van der Waals surface area contributed by atoms with E-state index in [0.29, 0.717) is 0 Å². The fourth-order valence-corrected chi connectivity index (χ4v) is 1.28. The van der Waals surface area contributed by atoms with Gasteiger partial charge in [0.15, 0.2) is 5.76 Å². The molecule has 0 aliphatic carbocycles. The average Bonchev–Trinajstić information content (AvgIpc) is 2.87. The molecule has 0 aliphatic rings. The number of halogens is 13. The van der Waals surface area contributed by atoms with Crippen LogP contribution in [0.15, 0.2) is 19.9 Å². The fourth-order valence-electron chi connectivity index (χ4n) is 1.28. The molecule has 0 amide bonds. The highest BCUT2D eigenvalue weighted by Crippen LogP contribution is 2.54. The standard InChI is InChI=1S/C10H3F13O5/c11-5(12,7(14,15)16)9(20,21)28-6(13,8(17,18)19)10(22,23)26-2-3-1-25-4(24)27-3/h1H,2H2. The van der Waals surface area contributed by atoms with Gasteiger partial charge in [0.1, 0.15) is 12.9 Å². The molecule has 5 nitrogen and oxygen atoms in total. The third-order valence-electron chi connectivity index (χ3n) is 2.63. The summed E-state index contributed by atoms with van der Waals surface area (Å²) in [6, 6.07) is 0. The summed E-state index contributed by atoms with van der Waals surface area (Å²) in [7, 11) is 0. The van der Waals surface area contributed by atoms with E-state index >= 15 is 0 Å². The van der Waals surface area contributed by atoms with Gasteiger partial charge in [0.25, 0.3) is 0 Å². The lowest BCUT2D eigenvalue weighted by Gasteiger charge is -2.37. The minimum absolute atomic E-state index is 0.138. The van der Waals surface area contributed by atoms with Gasteiger partial charge in [-0.3, -0.25) is 4.74 Å². The van der Waals surface area contributed by atoms with Crippen molar-refractivity contribution in [3.8, 4) is 0 Å². The minimum Gasteiger partial charge on any atom is -0.399 e. The first-order valence-corrected chi connectivity index (χ1v) is 6.05. The third-order valence-corrected chi connectivity index (χ3v) is 2.63. The van der Waals surface area contributed by atoms with Gasteiger partial charge in [-0.25, -0.2) is 4.79 Å². The Morgan fingerprint density at radius 2 is 1.29 bits per heavy atom. The number of ether oxygens (including phenoxy) is 2. The van der Waals surface area contributed by atoms with Gasteiger partial charge in [0.2, 0.25) is 0 Å². The second-order valence-corrected chi connectivity index (χ2v) is 4.64. The van der Waals surface area contributed by atoms with Gasteiger partial charge in [0, 0.05) is 0 Å². The molecule has 0 spiro atoms. The maximum atomic E-state index is 13.7. The summed E-state index contributed by atoms with van der Waals surface area (Å²) in [5.74, 6) is -17.5. The Hall–Kier alpha value is -1.98. The second-order valence-electron chi connectivity index (χ2n) is 4.64. The zero-order valence-electron chi connectivity index (χ0n) is 12.2. The molecule has 0 N–H and O–H groups in total. The lowest BCUT2D eigenvalue weighted by Crippen LogP contribution is -2.65. The molecule has 0 aromatic carbocycles. The fraction of sp³-hybridized carbons (Fsp3) is 0.700. The number of hydrogen-bond acceptors (Lipinski definition) is 5. The van der Waals surface area contributed by atoms with Crippen LogP contribution in [0, 0.1) is 0 Å². The first kappa shape index (κ1) is 24.1. The Labute approximate surface area is 142 Å². The molecule has 1 heterocycles. The van der Waals surface area contributed by atoms with Crippen LogP contribution in [0.1, 0.15) is 5.76 Å². The van der Waals surface area contributed by atoms with Gasteiger partial charge in [-0.2, -0.15) is 57.1 Å². The van der Waals surface area contributed by atoms with Crippen molar-refractivity contribution in [2.75, 3.05) is 0 Å². The molecule has 0 saturated carbocycles. The highest BCUT2D eigenvalue weighted by Gasteiger charge is 2.83. The van der Waals surface area contributed by atoms with Gasteiger partial charge in [-0.15, -0.1) is 0 Å². The Kier molecular flexibility index (Phi) is 5.86. The largest absolute Gasteiger partial charge is 0.518 e. The molecular weight excluding hydrogens is 447 g/mol.